The number of sulfonamides is 1. The van der Waals surface area contributed by atoms with Crippen LogP contribution in [0.3, 0.4) is 0 Å². The highest BCUT2D eigenvalue weighted by molar-refractivity contribution is 7.89. The standard InChI is InChI=1S/C27H39N3O5S/c1-20(2)23-17-26(21(3)16-25(23)35-6)36(32,33)29-15-14-28(4)12-9-13-30(27(31)19-34-5)24-11-8-7-10-22(24)18-29/h7-8,10-11,16-17,20H,9,12-15,18-19H2,1-6H3. The summed E-state index contributed by atoms with van der Waals surface area (Å²) in [5, 5.41) is 0. The number of fused-ring (bicyclic) bond motifs is 1. The van der Waals surface area contributed by atoms with E-state index in [2.05, 4.69) is 4.90 Å². The average Bonchev–Trinajstić information content (AvgIpc) is 2.87. The van der Waals surface area contributed by atoms with Gasteiger partial charge >= 0.3 is 0 Å². The van der Waals surface area contributed by atoms with Gasteiger partial charge in [-0.1, -0.05) is 32.0 Å². The fourth-order valence-corrected chi connectivity index (χ4v) is 6.23. The minimum atomic E-state index is -3.84. The zero-order valence-corrected chi connectivity index (χ0v) is 23.1. The molecule has 198 valence electrons. The van der Waals surface area contributed by atoms with Crippen molar-refractivity contribution >= 4 is 21.6 Å². The summed E-state index contributed by atoms with van der Waals surface area (Å²) in [4.78, 5) is 17.1. The first-order chi connectivity index (χ1) is 17.1. The number of likely N-dealkylation sites (N-methyl/N-ethyl adjacent to an activating group) is 1. The Morgan fingerprint density at radius 3 is 2.44 bits per heavy atom. The molecule has 1 aliphatic rings. The molecule has 1 aliphatic heterocycles. The number of benzene rings is 2. The first-order valence-electron chi connectivity index (χ1n) is 12.3. The number of nitrogens with zero attached hydrogens (tertiary/aromatic N) is 3. The second kappa shape index (κ2) is 12.2. The van der Waals surface area contributed by atoms with Gasteiger partial charge in [-0.15, -0.1) is 0 Å². The molecule has 1 heterocycles. The Kier molecular flexibility index (Phi) is 9.52. The van der Waals surface area contributed by atoms with E-state index >= 15 is 0 Å². The van der Waals surface area contributed by atoms with E-state index in [9.17, 15) is 13.2 Å². The van der Waals surface area contributed by atoms with Crippen LogP contribution in [-0.2, 0) is 26.1 Å². The van der Waals surface area contributed by atoms with Gasteiger partial charge in [0.25, 0.3) is 5.91 Å². The fourth-order valence-electron chi connectivity index (χ4n) is 4.58. The zero-order valence-electron chi connectivity index (χ0n) is 22.3. The van der Waals surface area contributed by atoms with Crippen molar-refractivity contribution in [1.29, 1.82) is 0 Å². The van der Waals surface area contributed by atoms with Crippen LogP contribution >= 0.6 is 0 Å². The highest BCUT2D eigenvalue weighted by Crippen LogP contribution is 2.34. The van der Waals surface area contributed by atoms with Gasteiger partial charge in [0, 0.05) is 39.0 Å². The Labute approximate surface area is 215 Å². The molecule has 8 nitrogen and oxygen atoms in total. The minimum Gasteiger partial charge on any atom is -0.496 e. The third kappa shape index (κ3) is 6.26. The van der Waals surface area contributed by atoms with Crippen molar-refractivity contribution in [3.8, 4) is 5.75 Å². The van der Waals surface area contributed by atoms with Crippen molar-refractivity contribution in [1.82, 2.24) is 9.21 Å². The molecule has 1 amide bonds. The van der Waals surface area contributed by atoms with E-state index in [-0.39, 0.29) is 29.9 Å². The van der Waals surface area contributed by atoms with Crippen LogP contribution in [0.15, 0.2) is 41.3 Å². The van der Waals surface area contributed by atoms with Crippen molar-refractivity contribution < 1.29 is 22.7 Å². The van der Waals surface area contributed by atoms with Crippen molar-refractivity contribution in [2.75, 3.05) is 59.0 Å². The van der Waals surface area contributed by atoms with Gasteiger partial charge in [-0.25, -0.2) is 8.42 Å². The topological polar surface area (TPSA) is 79.4 Å². The van der Waals surface area contributed by atoms with Gasteiger partial charge in [0.05, 0.1) is 12.0 Å². The van der Waals surface area contributed by atoms with Crippen LogP contribution in [0.1, 0.15) is 42.9 Å². The van der Waals surface area contributed by atoms with Crippen molar-refractivity contribution in [3.63, 3.8) is 0 Å². The number of ether oxygens (including phenoxy) is 2. The number of methoxy groups -OCH3 is 2. The van der Waals surface area contributed by atoms with Gasteiger partial charge in [-0.2, -0.15) is 4.31 Å². The molecule has 0 spiro atoms. The lowest BCUT2D eigenvalue weighted by atomic mass is 10.0. The number of amides is 1. The molecule has 0 fully saturated rings. The van der Waals surface area contributed by atoms with Gasteiger partial charge < -0.3 is 19.3 Å². The van der Waals surface area contributed by atoms with Crippen LogP contribution in [0.25, 0.3) is 0 Å². The summed E-state index contributed by atoms with van der Waals surface area (Å²) in [6, 6.07) is 11.1. The lowest BCUT2D eigenvalue weighted by molar-refractivity contribution is -0.122. The Morgan fingerprint density at radius 1 is 1.06 bits per heavy atom. The minimum absolute atomic E-state index is 0.0325. The summed E-state index contributed by atoms with van der Waals surface area (Å²) in [5.74, 6) is 0.648. The highest BCUT2D eigenvalue weighted by atomic mass is 32.2. The van der Waals surface area contributed by atoms with Crippen LogP contribution in [0.5, 0.6) is 5.75 Å². The number of anilines is 1. The van der Waals surface area contributed by atoms with Crippen LogP contribution in [0.4, 0.5) is 5.69 Å². The SMILES string of the molecule is COCC(=O)N1CCCN(C)CCN(S(=O)(=O)c2cc(C(C)C)c(OC)cc2C)Cc2ccccc21. The lowest BCUT2D eigenvalue weighted by Crippen LogP contribution is -2.37. The van der Waals surface area contributed by atoms with Crippen LogP contribution < -0.4 is 9.64 Å². The molecule has 2 aromatic carbocycles. The smallest absolute Gasteiger partial charge is 0.252 e. The van der Waals surface area contributed by atoms with Crippen LogP contribution in [0, 0.1) is 6.92 Å². The Morgan fingerprint density at radius 2 is 1.78 bits per heavy atom. The molecule has 0 N–H and O–H groups in total. The van der Waals surface area contributed by atoms with Gasteiger partial charge in [0.1, 0.15) is 12.4 Å². The van der Waals surface area contributed by atoms with Gasteiger partial charge in [-0.05, 0) is 67.7 Å². The predicted octanol–water partition coefficient (Wildman–Crippen LogP) is 3.63. The van der Waals surface area contributed by atoms with Crippen LogP contribution in [0.2, 0.25) is 0 Å². The maximum atomic E-state index is 14.1. The summed E-state index contributed by atoms with van der Waals surface area (Å²) in [6.45, 7) is 8.16. The number of para-hydroxylation sites is 1. The number of carbonyl (C=O) groups is 1. The molecule has 0 saturated carbocycles. The molecule has 0 radical (unpaired) electrons. The molecule has 2 aromatic rings. The van der Waals surface area contributed by atoms with Crippen molar-refractivity contribution in [2.24, 2.45) is 0 Å². The quantitative estimate of drug-likeness (QED) is 0.582. The van der Waals surface area contributed by atoms with E-state index in [1.165, 1.54) is 11.4 Å². The molecule has 0 saturated heterocycles. The van der Waals surface area contributed by atoms with E-state index in [0.29, 0.717) is 30.9 Å². The van der Waals surface area contributed by atoms with E-state index in [4.69, 9.17) is 9.47 Å². The van der Waals surface area contributed by atoms with E-state index < -0.39 is 10.0 Å². The molecule has 36 heavy (non-hydrogen) atoms. The zero-order chi connectivity index (χ0) is 26.5. The van der Waals surface area contributed by atoms with Gasteiger partial charge in [0.15, 0.2) is 0 Å². The molecule has 0 aromatic heterocycles. The average molecular weight is 518 g/mol. The van der Waals surface area contributed by atoms with Crippen LogP contribution in [-0.4, -0.2) is 77.6 Å². The normalized spacial score (nSPS) is 16.5. The van der Waals surface area contributed by atoms with Gasteiger partial charge in [0.2, 0.25) is 10.0 Å². The molecule has 3 rings (SSSR count). The summed E-state index contributed by atoms with van der Waals surface area (Å²) in [7, 11) is 1.24. The number of hydrogen-bond acceptors (Lipinski definition) is 6. The second-order valence-corrected chi connectivity index (χ2v) is 11.5. The third-order valence-electron chi connectivity index (χ3n) is 6.62. The molecule has 0 bridgehead atoms. The number of aryl methyl sites for hydroxylation is 1. The Bertz CT molecular complexity index is 1170. The molecule has 9 heteroatoms. The summed E-state index contributed by atoms with van der Waals surface area (Å²) < 4.78 is 40.5. The molecular formula is C27H39N3O5S. The predicted molar refractivity (Wildman–Crippen MR) is 142 cm³/mol. The largest absolute Gasteiger partial charge is 0.496 e. The summed E-state index contributed by atoms with van der Waals surface area (Å²) in [5.41, 5.74) is 3.00. The van der Waals surface area contributed by atoms with E-state index in [1.54, 1.807) is 31.1 Å². The first-order valence-corrected chi connectivity index (χ1v) is 13.8. The first kappa shape index (κ1) is 28.1. The third-order valence-corrected chi connectivity index (χ3v) is 8.60. The highest BCUT2D eigenvalue weighted by Gasteiger charge is 2.30. The molecule has 0 unspecified atom stereocenters. The maximum Gasteiger partial charge on any atom is 0.252 e. The number of carbonyl (C=O) groups excluding carboxylic acids is 1. The Balaban J connectivity index is 2.11. The van der Waals surface area contributed by atoms with Crippen molar-refractivity contribution in [2.45, 2.75) is 44.6 Å². The molecular weight excluding hydrogens is 478 g/mol. The number of rotatable bonds is 6. The monoisotopic (exact) mass is 517 g/mol. The Hall–Kier alpha value is -2.46. The van der Waals surface area contributed by atoms with E-state index in [0.717, 1.165) is 29.8 Å². The summed E-state index contributed by atoms with van der Waals surface area (Å²) in [6.07, 6.45) is 0.766. The molecule has 0 aliphatic carbocycles. The van der Waals surface area contributed by atoms with E-state index in [1.807, 2.05) is 45.2 Å². The maximum absolute atomic E-state index is 14.1. The fraction of sp³-hybridized carbons (Fsp3) is 0.519. The molecule has 0 atom stereocenters. The number of hydrogen-bond donors (Lipinski definition) is 0. The summed E-state index contributed by atoms with van der Waals surface area (Å²) >= 11 is 0. The lowest BCUT2D eigenvalue weighted by Gasteiger charge is -2.28. The second-order valence-electron chi connectivity index (χ2n) is 9.62. The van der Waals surface area contributed by atoms with Gasteiger partial charge in [-0.3, -0.25) is 4.79 Å². The van der Waals surface area contributed by atoms with Crippen molar-refractivity contribution in [3.05, 3.63) is 53.1 Å².